The van der Waals surface area contributed by atoms with Crippen molar-refractivity contribution >= 4 is 11.9 Å². The molecule has 1 unspecified atom stereocenters. The molecule has 1 aliphatic carbocycles. The molecule has 0 radical (unpaired) electrons. The highest BCUT2D eigenvalue weighted by molar-refractivity contribution is 5.81. The van der Waals surface area contributed by atoms with E-state index in [1.54, 1.807) is 0 Å². The van der Waals surface area contributed by atoms with Crippen LogP contribution in [0.5, 0.6) is 0 Å². The van der Waals surface area contributed by atoms with E-state index >= 15 is 0 Å². The molecule has 168 valence electrons. The standard InChI is InChI=1S/C22H42N4O3/c1-3-5-14-28-16-17-29-15-12-24-22(23-4-2)25-20-11-13-26(18-20)21(27)19-9-7-6-8-10-19/h19-20H,3-18H2,1-2H3,(H2,23,24,25). The fourth-order valence-electron chi connectivity index (χ4n) is 3.99. The SMILES string of the molecule is CCCCOCCOCCN=C(NCC)NC1CCN(C(=O)C2CCCCC2)C1. The predicted octanol–water partition coefficient (Wildman–Crippen LogP) is 2.56. The number of carbonyl (C=O) groups is 1. The van der Waals surface area contributed by atoms with Crippen LogP contribution in [-0.4, -0.2) is 75.4 Å². The Bertz CT molecular complexity index is 481. The summed E-state index contributed by atoms with van der Waals surface area (Å²) in [5.41, 5.74) is 0. The van der Waals surface area contributed by atoms with Crippen molar-refractivity contribution in [1.82, 2.24) is 15.5 Å². The normalized spacial score (nSPS) is 20.8. The minimum Gasteiger partial charge on any atom is -0.379 e. The van der Waals surface area contributed by atoms with E-state index in [1.165, 1.54) is 19.3 Å². The Morgan fingerprint density at radius 3 is 2.52 bits per heavy atom. The molecular weight excluding hydrogens is 368 g/mol. The second kappa shape index (κ2) is 14.6. The second-order valence-corrected chi connectivity index (χ2v) is 8.09. The molecule has 1 amide bonds. The third-order valence-corrected chi connectivity index (χ3v) is 5.66. The molecule has 1 atom stereocenters. The van der Waals surface area contributed by atoms with Crippen LogP contribution in [0.4, 0.5) is 0 Å². The van der Waals surface area contributed by atoms with Crippen molar-refractivity contribution in [2.24, 2.45) is 10.9 Å². The number of ether oxygens (including phenoxy) is 2. The lowest BCUT2D eigenvalue weighted by Crippen LogP contribution is -2.45. The van der Waals surface area contributed by atoms with Crippen molar-refractivity contribution in [3.8, 4) is 0 Å². The summed E-state index contributed by atoms with van der Waals surface area (Å²) in [7, 11) is 0. The van der Waals surface area contributed by atoms with Gasteiger partial charge in [0.1, 0.15) is 0 Å². The number of carbonyl (C=O) groups excluding carboxylic acids is 1. The lowest BCUT2D eigenvalue weighted by Gasteiger charge is -2.26. The molecule has 0 spiro atoms. The minimum atomic E-state index is 0.257. The molecule has 7 nitrogen and oxygen atoms in total. The Morgan fingerprint density at radius 2 is 1.79 bits per heavy atom. The topological polar surface area (TPSA) is 75.2 Å². The Labute approximate surface area is 177 Å². The number of likely N-dealkylation sites (tertiary alicyclic amines) is 1. The number of unbranched alkanes of at least 4 members (excludes halogenated alkanes) is 1. The van der Waals surface area contributed by atoms with Crippen LogP contribution in [0, 0.1) is 5.92 Å². The Balaban J connectivity index is 1.64. The van der Waals surface area contributed by atoms with Gasteiger partial charge in [0.25, 0.3) is 0 Å². The molecule has 2 rings (SSSR count). The number of aliphatic imine (C=N–C) groups is 1. The molecule has 1 saturated heterocycles. The van der Waals surface area contributed by atoms with Gasteiger partial charge in [-0.3, -0.25) is 9.79 Å². The van der Waals surface area contributed by atoms with E-state index < -0.39 is 0 Å². The smallest absolute Gasteiger partial charge is 0.225 e. The maximum atomic E-state index is 12.7. The van der Waals surface area contributed by atoms with Gasteiger partial charge in [-0.15, -0.1) is 0 Å². The number of nitrogens with one attached hydrogen (secondary N) is 2. The van der Waals surface area contributed by atoms with Gasteiger partial charge < -0.3 is 25.0 Å². The average Bonchev–Trinajstić information content (AvgIpc) is 3.21. The van der Waals surface area contributed by atoms with Gasteiger partial charge in [0, 0.05) is 38.2 Å². The quantitative estimate of drug-likeness (QED) is 0.294. The molecule has 1 saturated carbocycles. The van der Waals surface area contributed by atoms with Crippen molar-refractivity contribution in [2.75, 3.05) is 52.6 Å². The van der Waals surface area contributed by atoms with E-state index in [0.29, 0.717) is 32.3 Å². The van der Waals surface area contributed by atoms with Gasteiger partial charge in [0.05, 0.1) is 26.4 Å². The third-order valence-electron chi connectivity index (χ3n) is 5.66. The van der Waals surface area contributed by atoms with Crippen LogP contribution >= 0.6 is 0 Å². The molecule has 2 N–H and O–H groups in total. The van der Waals surface area contributed by atoms with Gasteiger partial charge in [0.2, 0.25) is 5.91 Å². The summed E-state index contributed by atoms with van der Waals surface area (Å²) in [6.07, 6.45) is 9.07. The van der Waals surface area contributed by atoms with Crippen molar-refractivity contribution in [2.45, 2.75) is 71.3 Å². The molecule has 2 fully saturated rings. The van der Waals surface area contributed by atoms with Gasteiger partial charge in [-0.2, -0.15) is 0 Å². The van der Waals surface area contributed by atoms with Crippen LogP contribution in [-0.2, 0) is 14.3 Å². The zero-order valence-electron chi connectivity index (χ0n) is 18.6. The molecule has 0 aromatic rings. The first kappa shape index (κ1) is 23.9. The second-order valence-electron chi connectivity index (χ2n) is 8.09. The van der Waals surface area contributed by atoms with Crippen LogP contribution in [0.25, 0.3) is 0 Å². The predicted molar refractivity (Wildman–Crippen MR) is 117 cm³/mol. The summed E-state index contributed by atoms with van der Waals surface area (Å²) in [4.78, 5) is 19.4. The van der Waals surface area contributed by atoms with Gasteiger partial charge in [0.15, 0.2) is 5.96 Å². The zero-order chi connectivity index (χ0) is 20.7. The highest BCUT2D eigenvalue weighted by atomic mass is 16.5. The Hall–Kier alpha value is -1.34. The monoisotopic (exact) mass is 410 g/mol. The lowest BCUT2D eigenvalue weighted by atomic mass is 9.88. The molecule has 1 aliphatic heterocycles. The Kier molecular flexibility index (Phi) is 12.1. The Morgan fingerprint density at radius 1 is 1.03 bits per heavy atom. The fraction of sp³-hybridized carbons (Fsp3) is 0.909. The van der Waals surface area contributed by atoms with Crippen LogP contribution in [0.2, 0.25) is 0 Å². The highest BCUT2D eigenvalue weighted by Crippen LogP contribution is 2.26. The molecule has 0 aromatic heterocycles. The molecule has 1 heterocycles. The largest absolute Gasteiger partial charge is 0.379 e. The molecule has 0 bridgehead atoms. The van der Waals surface area contributed by atoms with Crippen molar-refractivity contribution < 1.29 is 14.3 Å². The van der Waals surface area contributed by atoms with Crippen LogP contribution in [0.3, 0.4) is 0 Å². The maximum absolute atomic E-state index is 12.7. The summed E-state index contributed by atoms with van der Waals surface area (Å²) >= 11 is 0. The third kappa shape index (κ3) is 9.34. The van der Waals surface area contributed by atoms with Crippen LogP contribution in [0.1, 0.15) is 65.2 Å². The van der Waals surface area contributed by atoms with E-state index in [9.17, 15) is 4.79 Å². The van der Waals surface area contributed by atoms with Gasteiger partial charge >= 0.3 is 0 Å². The number of rotatable bonds is 12. The summed E-state index contributed by atoms with van der Waals surface area (Å²) < 4.78 is 11.1. The first-order valence-electron chi connectivity index (χ1n) is 11.7. The van der Waals surface area contributed by atoms with Crippen LogP contribution in [0.15, 0.2) is 4.99 Å². The lowest BCUT2D eigenvalue weighted by molar-refractivity contribution is -0.135. The fourth-order valence-corrected chi connectivity index (χ4v) is 3.99. The van der Waals surface area contributed by atoms with Crippen molar-refractivity contribution in [3.63, 3.8) is 0 Å². The number of guanidine groups is 1. The summed E-state index contributed by atoms with van der Waals surface area (Å²) in [6, 6.07) is 0.272. The molecule has 0 aromatic carbocycles. The summed E-state index contributed by atoms with van der Waals surface area (Å²) in [6.45, 7) is 9.95. The van der Waals surface area contributed by atoms with E-state index in [0.717, 1.165) is 64.3 Å². The van der Waals surface area contributed by atoms with E-state index in [-0.39, 0.29) is 12.0 Å². The molecule has 7 heteroatoms. The van der Waals surface area contributed by atoms with E-state index in [4.69, 9.17) is 9.47 Å². The summed E-state index contributed by atoms with van der Waals surface area (Å²) in [5, 5.41) is 6.79. The molecule has 2 aliphatic rings. The molecular formula is C22H42N4O3. The maximum Gasteiger partial charge on any atom is 0.225 e. The van der Waals surface area contributed by atoms with Gasteiger partial charge in [-0.05, 0) is 32.6 Å². The van der Waals surface area contributed by atoms with E-state index in [1.807, 2.05) is 0 Å². The van der Waals surface area contributed by atoms with Gasteiger partial charge in [-0.25, -0.2) is 0 Å². The van der Waals surface area contributed by atoms with Crippen molar-refractivity contribution in [3.05, 3.63) is 0 Å². The van der Waals surface area contributed by atoms with Crippen molar-refractivity contribution in [1.29, 1.82) is 0 Å². The summed E-state index contributed by atoms with van der Waals surface area (Å²) in [5.74, 6) is 1.44. The van der Waals surface area contributed by atoms with E-state index in [2.05, 4.69) is 34.4 Å². The van der Waals surface area contributed by atoms with Crippen LogP contribution < -0.4 is 10.6 Å². The molecule has 29 heavy (non-hydrogen) atoms. The minimum absolute atomic E-state index is 0.257. The first-order valence-corrected chi connectivity index (χ1v) is 11.7. The first-order chi connectivity index (χ1) is 14.2. The van der Waals surface area contributed by atoms with Gasteiger partial charge in [-0.1, -0.05) is 32.6 Å². The average molecular weight is 411 g/mol. The number of hydrogen-bond acceptors (Lipinski definition) is 4. The number of nitrogens with zero attached hydrogens (tertiary/aromatic N) is 2. The number of amides is 1. The zero-order valence-corrected chi connectivity index (χ0v) is 18.6. The number of hydrogen-bond donors (Lipinski definition) is 2. The highest BCUT2D eigenvalue weighted by Gasteiger charge is 2.31.